The van der Waals surface area contributed by atoms with Gasteiger partial charge in [-0.15, -0.1) is 0 Å². The summed E-state index contributed by atoms with van der Waals surface area (Å²) in [7, 11) is 3.90. The maximum Gasteiger partial charge on any atom is 0.246 e. The van der Waals surface area contributed by atoms with E-state index in [-0.39, 0.29) is 35.0 Å². The molecule has 5 heterocycles. The van der Waals surface area contributed by atoms with Crippen LogP contribution in [0.4, 0.5) is 26.0 Å². The summed E-state index contributed by atoms with van der Waals surface area (Å²) in [6.45, 7) is 2.71. The Kier molecular flexibility index (Phi) is 7.33. The average Bonchev–Trinajstić information content (AvgIpc) is 3.50. The van der Waals surface area contributed by atoms with Gasteiger partial charge in [-0.05, 0) is 32.3 Å². The first-order valence-corrected chi connectivity index (χ1v) is 14.3. The number of likely N-dealkylation sites (N-methyl/N-ethyl adjacent to an activating group) is 1. The minimum atomic E-state index is -0.774. The molecule has 45 heavy (non-hydrogen) atoms. The molecule has 7 rings (SSSR count). The topological polar surface area (TPSA) is 113 Å². The number of fused-ring (bicyclic) bond motifs is 6. The van der Waals surface area contributed by atoms with Gasteiger partial charge in [0.1, 0.15) is 30.8 Å². The Morgan fingerprint density at radius 2 is 2.00 bits per heavy atom. The molecule has 14 heteroatoms. The summed E-state index contributed by atoms with van der Waals surface area (Å²) in [5, 5.41) is 7.48. The number of rotatable bonds is 7. The number of nitrogens with zero attached hydrogens (tertiary/aromatic N) is 8. The zero-order valence-electron chi connectivity index (χ0n) is 24.5. The molecule has 0 radical (unpaired) electrons. The highest BCUT2D eigenvalue weighted by atomic mass is 19.1. The summed E-state index contributed by atoms with van der Waals surface area (Å²) in [5.74, 6) is -0.739. The Labute approximate surface area is 256 Å². The second-order valence-corrected chi connectivity index (χ2v) is 11.1. The van der Waals surface area contributed by atoms with Gasteiger partial charge in [0, 0.05) is 56.7 Å². The van der Waals surface area contributed by atoms with Crippen LogP contribution in [-0.2, 0) is 4.79 Å². The Bertz CT molecular complexity index is 1950. The number of ether oxygens (including phenoxy) is 2. The third-order valence-corrected chi connectivity index (χ3v) is 7.74. The molecule has 1 fully saturated rings. The predicted octanol–water partition coefficient (Wildman–Crippen LogP) is 4.01. The third kappa shape index (κ3) is 5.55. The number of hydrogen-bond donors (Lipinski definition) is 1. The van der Waals surface area contributed by atoms with Crippen LogP contribution in [0.1, 0.15) is 0 Å². The maximum absolute atomic E-state index is 15.3. The number of halogens is 2. The van der Waals surface area contributed by atoms with Crippen molar-refractivity contribution >= 4 is 39.6 Å². The van der Waals surface area contributed by atoms with Gasteiger partial charge in [0.15, 0.2) is 28.8 Å². The maximum atomic E-state index is 15.3. The number of piperazine rings is 1. The van der Waals surface area contributed by atoms with E-state index in [9.17, 15) is 4.79 Å². The number of amides is 1. The van der Waals surface area contributed by atoms with Crippen LogP contribution in [0.15, 0.2) is 67.4 Å². The highest BCUT2D eigenvalue weighted by molar-refractivity contribution is 6.00. The lowest BCUT2D eigenvalue weighted by molar-refractivity contribution is -0.127. The summed E-state index contributed by atoms with van der Waals surface area (Å²) in [5.41, 5.74) is 1.77. The van der Waals surface area contributed by atoms with Gasteiger partial charge in [0.25, 0.3) is 0 Å². The molecule has 1 atom stereocenters. The van der Waals surface area contributed by atoms with Crippen molar-refractivity contribution in [1.82, 2.24) is 34.4 Å². The molecule has 3 aromatic heterocycles. The molecule has 2 aromatic carbocycles. The SMILES string of the molecule is CN(C)C/C=C/C(=O)N1CCN2c3ccc4ncnc(Nc5cc(F)c(Oc6ccn7ncnc7c6)cc5F)c4c3OC[C@@H]2C1. The number of pyridine rings is 1. The van der Waals surface area contributed by atoms with E-state index in [1.165, 1.54) is 17.2 Å². The van der Waals surface area contributed by atoms with E-state index >= 15 is 8.78 Å². The number of hydrogen-bond acceptors (Lipinski definition) is 10. The Morgan fingerprint density at radius 3 is 2.87 bits per heavy atom. The Balaban J connectivity index is 1.13. The lowest BCUT2D eigenvalue weighted by Gasteiger charge is -2.45. The van der Waals surface area contributed by atoms with E-state index in [0.29, 0.717) is 55.1 Å². The van der Waals surface area contributed by atoms with Gasteiger partial charge in [-0.1, -0.05) is 6.08 Å². The minimum Gasteiger partial charge on any atom is -0.488 e. The number of anilines is 3. The van der Waals surface area contributed by atoms with Crippen LogP contribution in [-0.4, -0.2) is 93.2 Å². The lowest BCUT2D eigenvalue weighted by Crippen LogP contribution is -2.58. The van der Waals surface area contributed by atoms with E-state index in [4.69, 9.17) is 9.47 Å². The van der Waals surface area contributed by atoms with E-state index in [2.05, 4.69) is 30.3 Å². The summed E-state index contributed by atoms with van der Waals surface area (Å²) >= 11 is 0. The standard InChI is InChI=1S/C31H29F2N9O3/c1-39(2)8-3-4-28(43)40-10-11-41-19(15-40)16-44-30-25(41)6-5-23-29(30)31(36-17-34-23)38-24-13-22(33)26(14-21(24)32)45-20-7-9-42-27(12-20)35-18-37-42/h3-7,9,12-14,17-19H,8,10-11,15-16H2,1-2H3,(H,34,36,38)/b4-3+/t19-/m0/s1. The second kappa shape index (κ2) is 11.6. The molecule has 0 saturated carbocycles. The zero-order valence-corrected chi connectivity index (χ0v) is 24.5. The van der Waals surface area contributed by atoms with Crippen LogP contribution in [0.2, 0.25) is 0 Å². The molecule has 0 bridgehead atoms. The van der Waals surface area contributed by atoms with Crippen molar-refractivity contribution in [2.24, 2.45) is 0 Å². The predicted molar refractivity (Wildman–Crippen MR) is 163 cm³/mol. The fourth-order valence-corrected chi connectivity index (χ4v) is 5.56. The Hall–Kier alpha value is -5.37. The molecule has 5 aromatic rings. The highest BCUT2D eigenvalue weighted by Crippen LogP contribution is 2.43. The van der Waals surface area contributed by atoms with Gasteiger partial charge in [-0.2, -0.15) is 5.10 Å². The first-order valence-electron chi connectivity index (χ1n) is 14.3. The van der Waals surface area contributed by atoms with Crippen LogP contribution in [0.5, 0.6) is 17.2 Å². The van der Waals surface area contributed by atoms with E-state index in [1.54, 1.807) is 24.4 Å². The fourth-order valence-electron chi connectivity index (χ4n) is 5.56. The average molecular weight is 614 g/mol. The monoisotopic (exact) mass is 613 g/mol. The largest absolute Gasteiger partial charge is 0.488 e. The summed E-state index contributed by atoms with van der Waals surface area (Å²) in [6, 6.07) is 8.87. The van der Waals surface area contributed by atoms with Gasteiger partial charge in [0.05, 0.1) is 28.3 Å². The fraction of sp³-hybridized carbons (Fsp3) is 0.258. The second-order valence-electron chi connectivity index (χ2n) is 11.1. The summed E-state index contributed by atoms with van der Waals surface area (Å²) in [6.07, 6.45) is 7.82. The molecule has 0 spiro atoms. The molecular weight excluding hydrogens is 584 g/mol. The van der Waals surface area contributed by atoms with Crippen LogP contribution in [0, 0.1) is 11.6 Å². The zero-order chi connectivity index (χ0) is 31.1. The summed E-state index contributed by atoms with van der Waals surface area (Å²) in [4.78, 5) is 31.6. The van der Waals surface area contributed by atoms with E-state index in [1.807, 2.05) is 42.1 Å². The van der Waals surface area contributed by atoms with Crippen molar-refractivity contribution in [2.45, 2.75) is 6.04 Å². The first kappa shape index (κ1) is 28.4. The van der Waals surface area contributed by atoms with Crippen molar-refractivity contribution < 1.29 is 23.0 Å². The highest BCUT2D eigenvalue weighted by Gasteiger charge is 2.35. The van der Waals surface area contributed by atoms with E-state index < -0.39 is 11.6 Å². The number of nitrogens with one attached hydrogen (secondary N) is 1. The molecule has 2 aliphatic rings. The lowest BCUT2D eigenvalue weighted by atomic mass is 10.1. The Morgan fingerprint density at radius 1 is 1.11 bits per heavy atom. The molecule has 0 aliphatic carbocycles. The van der Waals surface area contributed by atoms with Crippen LogP contribution in [0.3, 0.4) is 0 Å². The van der Waals surface area contributed by atoms with Gasteiger partial charge in [-0.3, -0.25) is 4.79 Å². The van der Waals surface area contributed by atoms with Crippen molar-refractivity contribution in [2.75, 3.05) is 57.1 Å². The molecule has 12 nitrogen and oxygen atoms in total. The van der Waals surface area contributed by atoms with Crippen molar-refractivity contribution in [3.05, 3.63) is 79.0 Å². The van der Waals surface area contributed by atoms with Crippen LogP contribution < -0.4 is 19.7 Å². The number of benzene rings is 2. The molecule has 1 N–H and O–H groups in total. The molecule has 0 unspecified atom stereocenters. The van der Waals surface area contributed by atoms with Gasteiger partial charge in [0.2, 0.25) is 5.91 Å². The first-order chi connectivity index (χ1) is 21.8. The number of carbonyl (C=O) groups is 1. The third-order valence-electron chi connectivity index (χ3n) is 7.74. The van der Waals surface area contributed by atoms with Crippen LogP contribution in [0.25, 0.3) is 16.6 Å². The van der Waals surface area contributed by atoms with Crippen molar-refractivity contribution in [3.8, 4) is 17.2 Å². The van der Waals surface area contributed by atoms with Crippen LogP contribution >= 0.6 is 0 Å². The normalized spacial score (nSPS) is 16.2. The van der Waals surface area contributed by atoms with Gasteiger partial charge in [-0.25, -0.2) is 28.2 Å². The van der Waals surface area contributed by atoms with Crippen molar-refractivity contribution in [3.63, 3.8) is 0 Å². The van der Waals surface area contributed by atoms with Gasteiger partial charge >= 0.3 is 0 Å². The van der Waals surface area contributed by atoms with E-state index in [0.717, 1.165) is 17.8 Å². The molecular formula is C31H29F2N9O3. The molecule has 1 saturated heterocycles. The smallest absolute Gasteiger partial charge is 0.246 e. The quantitative estimate of drug-likeness (QED) is 0.270. The molecule has 2 aliphatic heterocycles. The minimum absolute atomic E-state index is 0.0252. The van der Waals surface area contributed by atoms with Gasteiger partial charge < -0.3 is 29.5 Å². The number of carbonyl (C=O) groups excluding carboxylic acids is 1. The number of aromatic nitrogens is 5. The molecule has 1 amide bonds. The van der Waals surface area contributed by atoms with Crippen molar-refractivity contribution in [1.29, 1.82) is 0 Å². The molecule has 230 valence electrons. The summed E-state index contributed by atoms with van der Waals surface area (Å²) < 4.78 is 43.9.